The van der Waals surface area contributed by atoms with Crippen molar-refractivity contribution in [2.75, 3.05) is 0 Å². The van der Waals surface area contributed by atoms with Crippen LogP contribution < -0.4 is 10.6 Å². The fourth-order valence-electron chi connectivity index (χ4n) is 1.98. The van der Waals surface area contributed by atoms with Crippen LogP contribution in [0.15, 0.2) is 32.3 Å². The first-order valence-corrected chi connectivity index (χ1v) is 3.79. The van der Waals surface area contributed by atoms with E-state index in [1.807, 2.05) is 0 Å². The fourth-order valence-corrected chi connectivity index (χ4v) is 1.98. The van der Waals surface area contributed by atoms with Crippen LogP contribution in [0.25, 0.3) is 11.1 Å². The number of aromatic nitrogens is 1. The molecule has 0 unspecified atom stereocenters. The second kappa shape index (κ2) is 1.29. The number of azo groups is 1. The van der Waals surface area contributed by atoms with Gasteiger partial charge in [-0.05, 0) is 5.57 Å². The van der Waals surface area contributed by atoms with E-state index < -0.39 is 0 Å². The molecule has 0 fully saturated rings. The van der Waals surface area contributed by atoms with Crippen molar-refractivity contribution in [1.82, 2.24) is 5.16 Å². The second-order valence-electron chi connectivity index (χ2n) is 3.10. The first-order valence-electron chi connectivity index (χ1n) is 3.79. The largest absolute Gasteiger partial charge is 0.356 e. The van der Waals surface area contributed by atoms with E-state index in [0.29, 0.717) is 0 Å². The molecule has 2 aliphatic carbocycles. The summed E-state index contributed by atoms with van der Waals surface area (Å²) in [5, 5.41) is 12.8. The van der Waals surface area contributed by atoms with E-state index in [-0.39, 0.29) is 0 Å². The van der Waals surface area contributed by atoms with Crippen molar-refractivity contribution in [3.05, 3.63) is 28.2 Å². The van der Waals surface area contributed by atoms with Crippen LogP contribution in [0.4, 0.5) is 0 Å². The summed E-state index contributed by atoms with van der Waals surface area (Å²) in [6.07, 6.45) is 2.70. The number of fused-ring (bicyclic) bond motifs is 5. The molecule has 0 atom stereocenters. The van der Waals surface area contributed by atoms with Gasteiger partial charge in [-0.15, -0.1) is 10.2 Å². The van der Waals surface area contributed by atoms with Crippen molar-refractivity contribution in [3.8, 4) is 0 Å². The molecule has 0 amide bonds. The minimum atomic E-state index is 0.905. The van der Waals surface area contributed by atoms with Gasteiger partial charge < -0.3 is 4.52 Å². The molecule has 0 N–H and O–H groups in total. The van der Waals surface area contributed by atoms with Crippen LogP contribution in [0, 0.1) is 0 Å². The average Bonchev–Trinajstić information content (AvgIpc) is 2.56. The van der Waals surface area contributed by atoms with Crippen LogP contribution >= 0.6 is 0 Å². The van der Waals surface area contributed by atoms with Gasteiger partial charge in [0.15, 0.2) is 5.42 Å². The quantitative estimate of drug-likeness (QED) is 0.535. The van der Waals surface area contributed by atoms with E-state index in [0.717, 1.165) is 28.4 Å². The van der Waals surface area contributed by atoms with Crippen molar-refractivity contribution in [2.45, 2.75) is 6.42 Å². The molecule has 1 aromatic rings. The predicted octanol–water partition coefficient (Wildman–Crippen LogP) is 0.0707. The summed E-state index contributed by atoms with van der Waals surface area (Å²) < 4.78 is 5.12. The Morgan fingerprint density at radius 3 is 2.83 bits per heavy atom. The van der Waals surface area contributed by atoms with Gasteiger partial charge in [0.25, 0.3) is 0 Å². The molecule has 0 aromatic carbocycles. The van der Waals surface area contributed by atoms with Gasteiger partial charge in [0, 0.05) is 17.2 Å². The molecule has 4 rings (SSSR count). The summed E-state index contributed by atoms with van der Waals surface area (Å²) in [6, 6.07) is 0. The van der Waals surface area contributed by atoms with Crippen molar-refractivity contribution in [1.29, 1.82) is 0 Å². The third-order valence-electron chi connectivity index (χ3n) is 2.57. The molecule has 2 bridgehead atoms. The van der Waals surface area contributed by atoms with Crippen LogP contribution in [0.3, 0.4) is 0 Å². The van der Waals surface area contributed by atoms with Gasteiger partial charge >= 0.3 is 0 Å². The lowest BCUT2D eigenvalue weighted by Gasteiger charge is -2.06. The molecule has 0 spiro atoms. The summed E-state index contributed by atoms with van der Waals surface area (Å²) in [4.78, 5) is 0. The van der Waals surface area contributed by atoms with Crippen molar-refractivity contribution in [2.24, 2.45) is 10.2 Å². The SMILES string of the molecule is c1noc2c1=C1CC=2C2=C1N=N2. The molecule has 0 saturated heterocycles. The minimum absolute atomic E-state index is 0.905. The molecule has 2 heterocycles. The van der Waals surface area contributed by atoms with Gasteiger partial charge in [0.2, 0.25) is 0 Å². The maximum absolute atomic E-state index is 5.12. The van der Waals surface area contributed by atoms with Crippen molar-refractivity contribution in [3.63, 3.8) is 0 Å². The van der Waals surface area contributed by atoms with E-state index in [1.165, 1.54) is 11.1 Å². The topological polar surface area (TPSA) is 50.8 Å². The lowest BCUT2D eigenvalue weighted by molar-refractivity contribution is 0.392. The zero-order valence-electron chi connectivity index (χ0n) is 6.03. The molecule has 4 heteroatoms. The van der Waals surface area contributed by atoms with Gasteiger partial charge in [-0.25, -0.2) is 0 Å². The van der Waals surface area contributed by atoms with Gasteiger partial charge in [-0.3, -0.25) is 0 Å². The lowest BCUT2D eigenvalue weighted by Crippen LogP contribution is -2.23. The summed E-state index contributed by atoms with van der Waals surface area (Å²) in [5.74, 6) is 0. The molecule has 1 aromatic heterocycles. The van der Waals surface area contributed by atoms with Gasteiger partial charge in [0.05, 0.1) is 6.20 Å². The minimum Gasteiger partial charge on any atom is -0.356 e. The summed E-state index contributed by atoms with van der Waals surface area (Å²) in [6.45, 7) is 0. The Morgan fingerprint density at radius 1 is 1.17 bits per heavy atom. The molecule has 1 aliphatic heterocycles. The Kier molecular flexibility index (Phi) is 0.538. The van der Waals surface area contributed by atoms with Crippen LogP contribution in [-0.4, -0.2) is 5.16 Å². The maximum Gasteiger partial charge on any atom is 0.173 e. The fraction of sp³-hybridized carbons (Fsp3) is 0.125. The molecule has 4 nitrogen and oxygen atoms in total. The number of rotatable bonds is 0. The third-order valence-corrected chi connectivity index (χ3v) is 2.57. The Labute approximate surface area is 66.6 Å². The third kappa shape index (κ3) is 0.317. The van der Waals surface area contributed by atoms with Crippen molar-refractivity contribution < 1.29 is 4.52 Å². The van der Waals surface area contributed by atoms with E-state index in [1.54, 1.807) is 6.20 Å². The monoisotopic (exact) mass is 157 g/mol. The lowest BCUT2D eigenvalue weighted by atomic mass is 10.2. The molecule has 0 saturated carbocycles. The van der Waals surface area contributed by atoms with E-state index in [4.69, 9.17) is 4.52 Å². The zero-order valence-corrected chi connectivity index (χ0v) is 6.03. The van der Waals surface area contributed by atoms with Crippen molar-refractivity contribution >= 4 is 11.1 Å². The standard InChI is InChI=1S/C8H3N3O/c1-3-5-2-9-12-8(5)4(1)7-6(3)10-11-7/h2H,1H2. The summed E-state index contributed by atoms with van der Waals surface area (Å²) in [5.41, 5.74) is 5.39. The van der Waals surface area contributed by atoms with E-state index in [2.05, 4.69) is 15.4 Å². The Bertz CT molecular complexity index is 540. The molecular formula is C8H3N3O. The Balaban J connectivity index is 2.36. The zero-order chi connectivity index (χ0) is 7.71. The van der Waals surface area contributed by atoms with Crippen LogP contribution in [-0.2, 0) is 0 Å². The van der Waals surface area contributed by atoms with Gasteiger partial charge in [0.1, 0.15) is 11.4 Å². The van der Waals surface area contributed by atoms with Crippen LogP contribution in [0.2, 0.25) is 0 Å². The summed E-state index contributed by atoms with van der Waals surface area (Å²) >= 11 is 0. The average molecular weight is 157 g/mol. The highest BCUT2D eigenvalue weighted by Gasteiger charge is 2.36. The smallest absolute Gasteiger partial charge is 0.173 e. The Hall–Kier alpha value is -1.71. The number of hydrogen-bond acceptors (Lipinski definition) is 4. The predicted molar refractivity (Wildman–Crippen MR) is 39.1 cm³/mol. The Morgan fingerprint density at radius 2 is 2.00 bits per heavy atom. The second-order valence-corrected chi connectivity index (χ2v) is 3.10. The van der Waals surface area contributed by atoms with E-state index >= 15 is 0 Å². The highest BCUT2D eigenvalue weighted by Crippen LogP contribution is 2.45. The maximum atomic E-state index is 5.12. The number of nitrogens with zero attached hydrogens (tertiary/aromatic N) is 3. The number of allylic oxidation sites excluding steroid dienone is 2. The molecular weight excluding hydrogens is 154 g/mol. The van der Waals surface area contributed by atoms with E-state index in [9.17, 15) is 0 Å². The highest BCUT2D eigenvalue weighted by atomic mass is 16.5. The first kappa shape index (κ1) is 5.03. The normalized spacial score (nSPS) is 21.7. The van der Waals surface area contributed by atoms with Crippen LogP contribution in [0.5, 0.6) is 0 Å². The first-order chi connectivity index (χ1) is 5.95. The molecule has 12 heavy (non-hydrogen) atoms. The van der Waals surface area contributed by atoms with Gasteiger partial charge in [-0.1, -0.05) is 5.16 Å². The number of hydrogen-bond donors (Lipinski definition) is 0. The molecule has 0 radical (unpaired) electrons. The summed E-state index contributed by atoms with van der Waals surface area (Å²) in [7, 11) is 0. The molecule has 56 valence electrons. The highest BCUT2D eigenvalue weighted by molar-refractivity contribution is 5.93. The van der Waals surface area contributed by atoms with Gasteiger partial charge in [-0.2, -0.15) is 0 Å². The molecule has 3 aliphatic rings. The van der Waals surface area contributed by atoms with Crippen LogP contribution in [0.1, 0.15) is 6.42 Å².